The van der Waals surface area contributed by atoms with Crippen LogP contribution in [0.5, 0.6) is 0 Å². The maximum atomic E-state index is 15.4. The quantitative estimate of drug-likeness (QED) is 0.234. The summed E-state index contributed by atoms with van der Waals surface area (Å²) in [6.45, 7) is 4.03. The number of carbonyl (C=O) groups is 2. The molecule has 38 heavy (non-hydrogen) atoms. The number of methoxy groups -OCH3 is 2. The average molecular weight is 551 g/mol. The number of halogens is 3. The zero-order valence-electron chi connectivity index (χ0n) is 20.9. The third-order valence-electron chi connectivity index (χ3n) is 5.49. The van der Waals surface area contributed by atoms with Gasteiger partial charge in [0, 0.05) is 47.4 Å². The maximum Gasteiger partial charge on any atom is 0.371 e. The van der Waals surface area contributed by atoms with Crippen LogP contribution in [0.1, 0.15) is 41.4 Å². The fourth-order valence-corrected chi connectivity index (χ4v) is 4.41. The van der Waals surface area contributed by atoms with Crippen molar-refractivity contribution in [2.75, 3.05) is 26.1 Å². The summed E-state index contributed by atoms with van der Waals surface area (Å²) in [5.74, 6) is -5.97. The molecule has 0 aliphatic rings. The number of benzene rings is 2. The number of aromatic nitrogens is 1. The van der Waals surface area contributed by atoms with Crippen molar-refractivity contribution in [3.8, 4) is 11.3 Å². The number of thiazole rings is 1. The van der Waals surface area contributed by atoms with E-state index in [1.807, 2.05) is 6.92 Å². The summed E-state index contributed by atoms with van der Waals surface area (Å²) >= 11 is 0.992. The van der Waals surface area contributed by atoms with Gasteiger partial charge < -0.3 is 19.3 Å². The van der Waals surface area contributed by atoms with Crippen LogP contribution in [-0.2, 0) is 19.0 Å². The molecule has 0 bridgehead atoms. The first kappa shape index (κ1) is 28.8. The molecule has 3 aromatic rings. The van der Waals surface area contributed by atoms with Gasteiger partial charge in [-0.15, -0.1) is 11.3 Å². The third-order valence-corrected chi connectivity index (χ3v) is 6.25. The maximum absolute atomic E-state index is 15.4. The minimum absolute atomic E-state index is 0.0677. The largest absolute Gasteiger partial charge is 0.490 e. The van der Waals surface area contributed by atoms with Crippen molar-refractivity contribution in [2.24, 2.45) is 0 Å². The van der Waals surface area contributed by atoms with E-state index in [1.54, 1.807) is 19.1 Å². The van der Waals surface area contributed by atoms with Crippen LogP contribution in [0.15, 0.2) is 41.5 Å². The Labute approximate surface area is 220 Å². The Morgan fingerprint density at radius 1 is 1.18 bits per heavy atom. The summed E-state index contributed by atoms with van der Waals surface area (Å²) in [4.78, 5) is 27.9. The second kappa shape index (κ2) is 12.7. The van der Waals surface area contributed by atoms with Crippen molar-refractivity contribution < 1.29 is 42.1 Å². The monoisotopic (exact) mass is 550 g/mol. The van der Waals surface area contributed by atoms with Crippen LogP contribution in [0.25, 0.3) is 17.3 Å². The van der Waals surface area contributed by atoms with E-state index in [4.69, 9.17) is 14.6 Å². The van der Waals surface area contributed by atoms with Crippen molar-refractivity contribution in [3.63, 3.8) is 0 Å². The summed E-state index contributed by atoms with van der Waals surface area (Å²) in [5.41, 5.74) is -0.359. The molecule has 2 unspecified atom stereocenters. The van der Waals surface area contributed by atoms with Gasteiger partial charge in [0.15, 0.2) is 5.13 Å². The zero-order chi connectivity index (χ0) is 28.0. The first-order valence-electron chi connectivity index (χ1n) is 11.3. The molecule has 0 saturated carbocycles. The Bertz CT molecular complexity index is 1340. The molecule has 0 aliphatic heterocycles. The first-order chi connectivity index (χ1) is 18.1. The Hall–Kier alpha value is -3.74. The molecule has 12 heteroatoms. The predicted octanol–water partition coefficient (Wildman–Crippen LogP) is 5.66. The number of anilines is 1. The SMILES string of the molecule is CCOC(C)C(OC)c1cccc(-c2csc(NC(=O)c3cc(F)c(/C=C(/OC)C(=O)O)c(F)c3)n2)c1F. The molecule has 0 saturated heterocycles. The van der Waals surface area contributed by atoms with Crippen molar-refractivity contribution in [2.45, 2.75) is 26.1 Å². The van der Waals surface area contributed by atoms with Crippen molar-refractivity contribution in [3.05, 3.63) is 75.6 Å². The highest BCUT2D eigenvalue weighted by molar-refractivity contribution is 7.14. The minimum atomic E-state index is -1.52. The van der Waals surface area contributed by atoms with E-state index in [0.29, 0.717) is 12.7 Å². The smallest absolute Gasteiger partial charge is 0.371 e. The average Bonchev–Trinajstić information content (AvgIpc) is 3.33. The van der Waals surface area contributed by atoms with Gasteiger partial charge in [-0.1, -0.05) is 12.1 Å². The lowest BCUT2D eigenvalue weighted by Crippen LogP contribution is -2.22. The molecule has 3 rings (SSSR count). The number of nitrogens with one attached hydrogen (secondary N) is 1. The molecule has 0 spiro atoms. The molecule has 8 nitrogen and oxygen atoms in total. The highest BCUT2D eigenvalue weighted by atomic mass is 32.1. The lowest BCUT2D eigenvalue weighted by molar-refractivity contribution is -0.135. The van der Waals surface area contributed by atoms with Gasteiger partial charge in [0.2, 0.25) is 5.76 Å². The first-order valence-corrected chi connectivity index (χ1v) is 12.2. The number of amides is 1. The molecule has 0 radical (unpaired) electrons. The van der Waals surface area contributed by atoms with E-state index in [-0.39, 0.29) is 27.5 Å². The van der Waals surface area contributed by atoms with Crippen LogP contribution in [0, 0.1) is 17.5 Å². The third kappa shape index (κ3) is 6.39. The van der Waals surface area contributed by atoms with Gasteiger partial charge in [-0.05, 0) is 32.0 Å². The van der Waals surface area contributed by atoms with Crippen LogP contribution in [0.2, 0.25) is 0 Å². The normalized spacial score (nSPS) is 13.2. The molecule has 2 atom stereocenters. The van der Waals surface area contributed by atoms with Crippen LogP contribution in [0.4, 0.5) is 18.3 Å². The minimum Gasteiger partial charge on any atom is -0.490 e. The Balaban J connectivity index is 1.84. The fraction of sp³-hybridized carbons (Fsp3) is 0.269. The zero-order valence-corrected chi connectivity index (χ0v) is 21.7. The summed E-state index contributed by atoms with van der Waals surface area (Å²) in [6.07, 6.45) is -0.396. The number of aliphatic carboxylic acids is 1. The van der Waals surface area contributed by atoms with E-state index in [9.17, 15) is 18.4 Å². The van der Waals surface area contributed by atoms with Gasteiger partial charge in [-0.25, -0.2) is 22.9 Å². The van der Waals surface area contributed by atoms with Gasteiger partial charge in [0.25, 0.3) is 5.91 Å². The molecule has 1 amide bonds. The number of carboxylic acid groups (broad SMARTS) is 1. The number of ether oxygens (including phenoxy) is 3. The molecular weight excluding hydrogens is 525 g/mol. The van der Waals surface area contributed by atoms with Crippen LogP contribution < -0.4 is 5.32 Å². The van der Waals surface area contributed by atoms with E-state index in [2.05, 4.69) is 15.0 Å². The number of hydrogen-bond acceptors (Lipinski definition) is 7. The van der Waals surface area contributed by atoms with Crippen LogP contribution in [-0.4, -0.2) is 48.9 Å². The van der Waals surface area contributed by atoms with Gasteiger partial charge >= 0.3 is 5.97 Å². The Morgan fingerprint density at radius 2 is 1.87 bits per heavy atom. The molecule has 2 N–H and O–H groups in total. The molecule has 202 valence electrons. The molecule has 2 aromatic carbocycles. The summed E-state index contributed by atoms with van der Waals surface area (Å²) in [6, 6.07) is 6.27. The van der Waals surface area contributed by atoms with E-state index in [0.717, 1.165) is 30.6 Å². The van der Waals surface area contributed by atoms with E-state index >= 15 is 4.39 Å². The van der Waals surface area contributed by atoms with Crippen LogP contribution in [0.3, 0.4) is 0 Å². The standard InChI is InChI=1S/C26H25F3N2O6S/c1-5-37-13(2)23(36-4)16-8-6-7-15(22(16)29)20-12-38-26(30-20)31-24(32)14-9-18(27)17(19(28)10-14)11-21(35-3)25(33)34/h6-13,23H,5H2,1-4H3,(H,33,34)(H,30,31,32)/b21-11+. The van der Waals surface area contributed by atoms with Crippen molar-refractivity contribution >= 4 is 34.4 Å². The van der Waals surface area contributed by atoms with Gasteiger partial charge in [0.1, 0.15) is 23.6 Å². The van der Waals surface area contributed by atoms with Crippen LogP contribution >= 0.6 is 11.3 Å². The molecule has 1 aromatic heterocycles. The summed E-state index contributed by atoms with van der Waals surface area (Å²) < 4.78 is 60.0. The highest BCUT2D eigenvalue weighted by Gasteiger charge is 2.25. The fourth-order valence-electron chi connectivity index (χ4n) is 3.71. The van der Waals surface area contributed by atoms with Gasteiger partial charge in [0.05, 0.1) is 18.9 Å². The number of nitrogens with zero attached hydrogens (tertiary/aromatic N) is 1. The lowest BCUT2D eigenvalue weighted by atomic mass is 10.00. The highest BCUT2D eigenvalue weighted by Crippen LogP contribution is 2.33. The Morgan fingerprint density at radius 3 is 2.45 bits per heavy atom. The van der Waals surface area contributed by atoms with Gasteiger partial charge in [-0.2, -0.15) is 0 Å². The number of hydrogen-bond donors (Lipinski definition) is 2. The molecule has 1 heterocycles. The van der Waals surface area contributed by atoms with E-state index in [1.165, 1.54) is 18.6 Å². The number of rotatable bonds is 11. The lowest BCUT2D eigenvalue weighted by Gasteiger charge is -2.23. The van der Waals surface area contributed by atoms with Crippen molar-refractivity contribution in [1.82, 2.24) is 4.98 Å². The van der Waals surface area contributed by atoms with E-state index < -0.39 is 52.9 Å². The summed E-state index contributed by atoms with van der Waals surface area (Å²) in [5, 5.41) is 13.0. The number of carbonyl (C=O) groups excluding carboxylic acids is 1. The van der Waals surface area contributed by atoms with Gasteiger partial charge in [-0.3, -0.25) is 10.1 Å². The molecule has 0 aliphatic carbocycles. The summed E-state index contributed by atoms with van der Waals surface area (Å²) in [7, 11) is 2.50. The predicted molar refractivity (Wildman–Crippen MR) is 135 cm³/mol. The second-order valence-corrected chi connectivity index (χ2v) is 8.75. The number of carboxylic acids is 1. The second-order valence-electron chi connectivity index (χ2n) is 7.89. The molecule has 0 fully saturated rings. The topological polar surface area (TPSA) is 107 Å². The Kier molecular flexibility index (Phi) is 9.61. The van der Waals surface area contributed by atoms with Crippen molar-refractivity contribution in [1.29, 1.82) is 0 Å². The molecular formula is C26H25F3N2O6S.